The Labute approximate surface area is 147 Å². The first-order valence-corrected chi connectivity index (χ1v) is 8.66. The van der Waals surface area contributed by atoms with E-state index in [9.17, 15) is 19.5 Å². The highest BCUT2D eigenvalue weighted by Crippen LogP contribution is 2.58. The minimum absolute atomic E-state index is 0.129. The Morgan fingerprint density at radius 1 is 1.36 bits per heavy atom. The van der Waals surface area contributed by atoms with Crippen LogP contribution in [0.25, 0.3) is 0 Å². The van der Waals surface area contributed by atoms with Gasteiger partial charge in [-0.3, -0.25) is 9.59 Å². The Bertz CT molecular complexity index is 728. The van der Waals surface area contributed by atoms with Crippen LogP contribution in [-0.2, 0) is 19.1 Å². The fraction of sp³-hybridized carbons (Fsp3) is 0.550. The summed E-state index contributed by atoms with van der Waals surface area (Å²) in [4.78, 5) is 37.3. The van der Waals surface area contributed by atoms with Gasteiger partial charge in [-0.15, -0.1) is 0 Å². The second-order valence-corrected chi connectivity index (χ2v) is 7.81. The molecular weight excluding hydrogens is 320 g/mol. The van der Waals surface area contributed by atoms with Gasteiger partial charge in [-0.25, -0.2) is 4.79 Å². The number of hydrogen-bond donors (Lipinski definition) is 1. The molecule has 134 valence electrons. The van der Waals surface area contributed by atoms with Crippen molar-refractivity contribution in [2.45, 2.75) is 52.2 Å². The highest BCUT2D eigenvalue weighted by atomic mass is 16.5. The van der Waals surface area contributed by atoms with Crippen molar-refractivity contribution >= 4 is 17.5 Å². The molecule has 0 saturated heterocycles. The normalized spacial score (nSPS) is 40.6. The highest BCUT2D eigenvalue weighted by molar-refractivity contribution is 5.98. The maximum absolute atomic E-state index is 12.6. The summed E-state index contributed by atoms with van der Waals surface area (Å²) >= 11 is 0. The molecule has 0 unspecified atom stereocenters. The Hall–Kier alpha value is -2.01. The van der Waals surface area contributed by atoms with Gasteiger partial charge < -0.3 is 9.84 Å². The van der Waals surface area contributed by atoms with E-state index in [1.165, 1.54) is 6.08 Å². The molecule has 3 rings (SSSR count). The van der Waals surface area contributed by atoms with E-state index in [0.717, 1.165) is 0 Å². The minimum atomic E-state index is -1.32. The van der Waals surface area contributed by atoms with Crippen molar-refractivity contribution in [3.05, 3.63) is 35.5 Å². The zero-order valence-corrected chi connectivity index (χ0v) is 14.9. The Balaban J connectivity index is 1.98. The summed E-state index contributed by atoms with van der Waals surface area (Å²) in [7, 11) is 0. The van der Waals surface area contributed by atoms with E-state index in [4.69, 9.17) is 4.74 Å². The van der Waals surface area contributed by atoms with Crippen molar-refractivity contribution in [1.29, 1.82) is 0 Å². The quantitative estimate of drug-likeness (QED) is 0.583. The van der Waals surface area contributed by atoms with E-state index in [-0.39, 0.29) is 23.5 Å². The van der Waals surface area contributed by atoms with Gasteiger partial charge in [0.1, 0.15) is 12.2 Å². The first-order chi connectivity index (χ1) is 11.6. The van der Waals surface area contributed by atoms with E-state index < -0.39 is 23.5 Å². The number of Topliss-reactive ketones (excluding diaryl/α,β-unsaturated/α-hetero) is 1. The molecule has 0 aromatic heterocycles. The lowest BCUT2D eigenvalue weighted by atomic mass is 9.86. The first-order valence-electron chi connectivity index (χ1n) is 8.66. The smallest absolute Gasteiger partial charge is 0.334 e. The number of carbonyl (C=O) groups is 3. The van der Waals surface area contributed by atoms with Crippen LogP contribution in [0.15, 0.2) is 35.5 Å². The predicted octanol–water partition coefficient (Wildman–Crippen LogP) is 2.30. The molecule has 1 saturated carbocycles. The fourth-order valence-corrected chi connectivity index (χ4v) is 3.86. The van der Waals surface area contributed by atoms with Gasteiger partial charge in [-0.1, -0.05) is 19.1 Å². The number of aliphatic hydroxyl groups is 1. The maximum Gasteiger partial charge on any atom is 0.334 e. The molecule has 1 fully saturated rings. The summed E-state index contributed by atoms with van der Waals surface area (Å²) in [6.45, 7) is 9.12. The van der Waals surface area contributed by atoms with Crippen LogP contribution in [-0.4, -0.2) is 34.9 Å². The van der Waals surface area contributed by atoms with Crippen LogP contribution >= 0.6 is 0 Å². The van der Waals surface area contributed by atoms with Crippen molar-refractivity contribution in [2.75, 3.05) is 0 Å². The van der Waals surface area contributed by atoms with Gasteiger partial charge in [0.2, 0.25) is 0 Å². The largest absolute Gasteiger partial charge is 0.454 e. The third kappa shape index (κ3) is 3.01. The second-order valence-electron chi connectivity index (χ2n) is 7.81. The molecule has 2 aliphatic carbocycles. The van der Waals surface area contributed by atoms with Crippen LogP contribution < -0.4 is 0 Å². The third-order valence-corrected chi connectivity index (χ3v) is 5.83. The lowest BCUT2D eigenvalue weighted by Gasteiger charge is -2.20. The van der Waals surface area contributed by atoms with Crippen LogP contribution in [0, 0.1) is 17.3 Å². The summed E-state index contributed by atoms with van der Waals surface area (Å²) in [6.07, 6.45) is 2.86. The zero-order chi connectivity index (χ0) is 18.5. The molecule has 5 nitrogen and oxygen atoms in total. The van der Waals surface area contributed by atoms with E-state index >= 15 is 0 Å². The molecule has 0 aromatic rings. The summed E-state index contributed by atoms with van der Waals surface area (Å²) < 4.78 is 5.48. The summed E-state index contributed by atoms with van der Waals surface area (Å²) in [5.41, 5.74) is 1.13. The van der Waals surface area contributed by atoms with Crippen molar-refractivity contribution in [2.24, 2.45) is 17.3 Å². The number of carbonyl (C=O) groups excluding carboxylic acids is 3. The van der Waals surface area contributed by atoms with E-state index in [1.807, 2.05) is 6.92 Å². The minimum Gasteiger partial charge on any atom is -0.454 e. The average molecular weight is 344 g/mol. The third-order valence-electron chi connectivity index (χ3n) is 5.83. The number of aliphatic hydroxyl groups excluding tert-OH is 1. The number of esters is 1. The predicted molar refractivity (Wildman–Crippen MR) is 91.5 cm³/mol. The number of allylic oxidation sites excluding steroid dienone is 2. The van der Waals surface area contributed by atoms with Gasteiger partial charge in [0.25, 0.3) is 0 Å². The number of ether oxygens (including phenoxy) is 1. The summed E-state index contributed by atoms with van der Waals surface area (Å²) in [5.74, 6) is -1.70. The topological polar surface area (TPSA) is 80.7 Å². The van der Waals surface area contributed by atoms with Crippen molar-refractivity contribution in [3.8, 4) is 0 Å². The van der Waals surface area contributed by atoms with Crippen LogP contribution in [0.5, 0.6) is 0 Å². The van der Waals surface area contributed by atoms with Crippen LogP contribution in [0.4, 0.5) is 0 Å². The molecule has 0 radical (unpaired) electrons. The van der Waals surface area contributed by atoms with Crippen LogP contribution in [0.1, 0.15) is 40.0 Å². The molecule has 1 N–H and O–H groups in total. The van der Waals surface area contributed by atoms with Gasteiger partial charge in [-0.2, -0.15) is 0 Å². The molecule has 1 heterocycles. The number of ketones is 2. The average Bonchev–Trinajstić information content (AvgIpc) is 3.10. The van der Waals surface area contributed by atoms with E-state index in [1.54, 1.807) is 19.9 Å². The zero-order valence-electron chi connectivity index (χ0n) is 14.9. The van der Waals surface area contributed by atoms with E-state index in [0.29, 0.717) is 36.0 Å². The first kappa shape index (κ1) is 17.8. The lowest BCUT2D eigenvalue weighted by molar-refractivity contribution is -0.143. The number of hydrogen-bond acceptors (Lipinski definition) is 5. The van der Waals surface area contributed by atoms with Crippen LogP contribution in [0.3, 0.4) is 0 Å². The molecule has 25 heavy (non-hydrogen) atoms. The molecule has 3 aliphatic rings. The molecule has 2 bridgehead atoms. The molecule has 0 aromatic carbocycles. The fourth-order valence-electron chi connectivity index (χ4n) is 3.86. The maximum atomic E-state index is 12.6. The Morgan fingerprint density at radius 2 is 2.04 bits per heavy atom. The van der Waals surface area contributed by atoms with Gasteiger partial charge in [0.15, 0.2) is 11.6 Å². The van der Waals surface area contributed by atoms with Crippen molar-refractivity contribution in [1.82, 2.24) is 0 Å². The molecule has 0 spiro atoms. The SMILES string of the molecule is C=C(C)[C@@H]1CCC2=C[C@@H](OC2=O)[C@]2(C)C[C@H]2C(=O)/C=C(/C)[C@H](O)C1=O. The van der Waals surface area contributed by atoms with Crippen LogP contribution in [0.2, 0.25) is 0 Å². The van der Waals surface area contributed by atoms with E-state index in [2.05, 4.69) is 6.58 Å². The van der Waals surface area contributed by atoms with Gasteiger partial charge in [0, 0.05) is 22.8 Å². The van der Waals surface area contributed by atoms with Crippen molar-refractivity contribution < 1.29 is 24.2 Å². The Kier molecular flexibility index (Phi) is 4.31. The summed E-state index contributed by atoms with van der Waals surface area (Å²) in [5, 5.41) is 10.4. The highest BCUT2D eigenvalue weighted by Gasteiger charge is 2.60. The molecule has 5 atom stereocenters. The molecule has 5 heteroatoms. The van der Waals surface area contributed by atoms with Crippen molar-refractivity contribution in [3.63, 3.8) is 0 Å². The molecular formula is C20H24O5. The lowest BCUT2D eigenvalue weighted by Crippen LogP contribution is -2.30. The molecule has 0 amide bonds. The summed E-state index contributed by atoms with van der Waals surface area (Å²) in [6, 6.07) is 0. The monoisotopic (exact) mass is 344 g/mol. The van der Waals surface area contributed by atoms with Gasteiger partial charge in [-0.05, 0) is 50.8 Å². The second kappa shape index (κ2) is 6.06. The number of rotatable bonds is 1. The van der Waals surface area contributed by atoms with Gasteiger partial charge >= 0.3 is 5.97 Å². The van der Waals surface area contributed by atoms with Gasteiger partial charge in [0.05, 0.1) is 0 Å². The standard InChI is InChI=1S/C20H24O5/c1-10(2)13-6-5-12-8-16(25-19(12)24)20(4)9-14(20)15(21)7-11(3)17(22)18(13)23/h7-8,13-14,16-17,22H,1,5-6,9H2,2-4H3/b11-7-/t13-,14-,16+,17-,20+/m0/s1. The Morgan fingerprint density at radius 3 is 2.68 bits per heavy atom. The number of fused-ring (bicyclic) bond motifs is 3. The molecule has 1 aliphatic heterocycles.